The molecule has 2 rings (SSSR count). The maximum atomic E-state index is 12.9. The number of aromatic carboxylic acids is 1. The molecular weight excluding hydrogens is 323 g/mol. The van der Waals surface area contributed by atoms with E-state index in [4.69, 9.17) is 0 Å². The number of amides is 1. The van der Waals surface area contributed by atoms with E-state index >= 15 is 0 Å². The van der Waals surface area contributed by atoms with Crippen molar-refractivity contribution in [2.45, 2.75) is 19.8 Å². The number of unbranched alkanes of at least 4 members (excludes halogenated alkanes) is 1. The van der Waals surface area contributed by atoms with Gasteiger partial charge >= 0.3 is 5.97 Å². The SMILES string of the molecule is CCCCN(C)c1ccc(NC(=O)c2ccc(F)cc2)c(C(=O)O)c1. The highest BCUT2D eigenvalue weighted by molar-refractivity contribution is 6.08. The van der Waals surface area contributed by atoms with Crippen molar-refractivity contribution in [3.8, 4) is 0 Å². The van der Waals surface area contributed by atoms with Gasteiger partial charge < -0.3 is 15.3 Å². The topological polar surface area (TPSA) is 69.6 Å². The summed E-state index contributed by atoms with van der Waals surface area (Å²) in [6.07, 6.45) is 2.05. The van der Waals surface area contributed by atoms with Crippen molar-refractivity contribution in [1.82, 2.24) is 0 Å². The van der Waals surface area contributed by atoms with Crippen LogP contribution in [0.25, 0.3) is 0 Å². The van der Waals surface area contributed by atoms with E-state index in [2.05, 4.69) is 12.2 Å². The Balaban J connectivity index is 2.23. The average Bonchev–Trinajstić information content (AvgIpc) is 2.60. The maximum absolute atomic E-state index is 12.9. The third-order valence-corrected chi connectivity index (χ3v) is 3.88. The number of carbonyl (C=O) groups excluding carboxylic acids is 1. The summed E-state index contributed by atoms with van der Waals surface area (Å²) in [6.45, 7) is 2.90. The van der Waals surface area contributed by atoms with Crippen LogP contribution in [0.1, 0.15) is 40.5 Å². The minimum absolute atomic E-state index is 0.0105. The fourth-order valence-electron chi connectivity index (χ4n) is 2.38. The molecule has 0 heterocycles. The average molecular weight is 344 g/mol. The molecule has 0 bridgehead atoms. The van der Waals surface area contributed by atoms with Crippen molar-refractivity contribution in [2.24, 2.45) is 0 Å². The standard InChI is InChI=1S/C19H21FN2O3/c1-3-4-11-22(2)15-9-10-17(16(12-15)19(24)25)21-18(23)13-5-7-14(20)8-6-13/h5-10,12H,3-4,11H2,1-2H3,(H,21,23)(H,24,25). The Morgan fingerprint density at radius 2 is 1.84 bits per heavy atom. The van der Waals surface area contributed by atoms with Crippen molar-refractivity contribution < 1.29 is 19.1 Å². The number of anilines is 2. The molecule has 0 saturated carbocycles. The van der Waals surface area contributed by atoms with E-state index in [-0.39, 0.29) is 16.8 Å². The van der Waals surface area contributed by atoms with E-state index in [9.17, 15) is 19.1 Å². The molecule has 0 aliphatic carbocycles. The highest BCUT2D eigenvalue weighted by Gasteiger charge is 2.15. The molecule has 132 valence electrons. The van der Waals surface area contributed by atoms with Crippen LogP contribution >= 0.6 is 0 Å². The van der Waals surface area contributed by atoms with E-state index < -0.39 is 17.7 Å². The number of hydrogen-bond acceptors (Lipinski definition) is 3. The molecule has 0 unspecified atom stereocenters. The Morgan fingerprint density at radius 1 is 1.16 bits per heavy atom. The zero-order chi connectivity index (χ0) is 18.4. The van der Waals surface area contributed by atoms with Crippen molar-refractivity contribution in [1.29, 1.82) is 0 Å². The van der Waals surface area contributed by atoms with Gasteiger partial charge in [0.25, 0.3) is 5.91 Å². The Morgan fingerprint density at radius 3 is 2.44 bits per heavy atom. The summed E-state index contributed by atoms with van der Waals surface area (Å²) in [6, 6.07) is 9.93. The van der Waals surface area contributed by atoms with Gasteiger partial charge in [0.1, 0.15) is 5.82 Å². The summed E-state index contributed by atoms with van der Waals surface area (Å²) in [4.78, 5) is 25.8. The molecule has 25 heavy (non-hydrogen) atoms. The molecule has 6 heteroatoms. The monoisotopic (exact) mass is 344 g/mol. The number of rotatable bonds is 7. The van der Waals surface area contributed by atoms with Crippen LogP contribution in [-0.2, 0) is 0 Å². The predicted molar refractivity (Wildman–Crippen MR) is 95.9 cm³/mol. The maximum Gasteiger partial charge on any atom is 0.337 e. The molecular formula is C19H21FN2O3. The molecule has 0 spiro atoms. The first-order chi connectivity index (χ1) is 11.9. The minimum Gasteiger partial charge on any atom is -0.478 e. The lowest BCUT2D eigenvalue weighted by Crippen LogP contribution is -2.20. The van der Waals surface area contributed by atoms with Gasteiger partial charge in [-0.25, -0.2) is 9.18 Å². The summed E-state index contributed by atoms with van der Waals surface area (Å²) in [5.74, 6) is -2.06. The van der Waals surface area contributed by atoms with Crippen molar-refractivity contribution >= 4 is 23.3 Å². The van der Waals surface area contributed by atoms with Gasteiger partial charge in [0.15, 0.2) is 0 Å². The largest absolute Gasteiger partial charge is 0.478 e. The third kappa shape index (κ3) is 4.79. The fraction of sp³-hybridized carbons (Fsp3) is 0.263. The predicted octanol–water partition coefficient (Wildman–Crippen LogP) is 4.01. The lowest BCUT2D eigenvalue weighted by Gasteiger charge is -2.20. The van der Waals surface area contributed by atoms with Gasteiger partial charge in [-0.15, -0.1) is 0 Å². The van der Waals surface area contributed by atoms with Gasteiger partial charge in [0, 0.05) is 24.8 Å². The smallest absolute Gasteiger partial charge is 0.337 e. The van der Waals surface area contributed by atoms with Gasteiger partial charge in [-0.3, -0.25) is 4.79 Å². The summed E-state index contributed by atoms with van der Waals surface area (Å²) in [5.41, 5.74) is 1.23. The van der Waals surface area contributed by atoms with E-state index in [1.165, 1.54) is 30.3 Å². The summed E-state index contributed by atoms with van der Waals surface area (Å²) < 4.78 is 12.9. The minimum atomic E-state index is -1.12. The second-order valence-corrected chi connectivity index (χ2v) is 5.77. The van der Waals surface area contributed by atoms with Crippen LogP contribution in [0.15, 0.2) is 42.5 Å². The Kier molecular flexibility index (Phi) is 6.11. The number of halogens is 1. The first kappa shape index (κ1) is 18.4. The highest BCUT2D eigenvalue weighted by Crippen LogP contribution is 2.24. The van der Waals surface area contributed by atoms with Gasteiger partial charge in [-0.05, 0) is 48.9 Å². The van der Waals surface area contributed by atoms with Crippen LogP contribution in [0.5, 0.6) is 0 Å². The van der Waals surface area contributed by atoms with Gasteiger partial charge in [-0.2, -0.15) is 0 Å². The number of nitrogens with zero attached hydrogens (tertiary/aromatic N) is 1. The van der Waals surface area contributed by atoms with E-state index in [0.29, 0.717) is 0 Å². The molecule has 0 aromatic heterocycles. The molecule has 5 nitrogen and oxygen atoms in total. The number of hydrogen-bond donors (Lipinski definition) is 2. The second kappa shape index (κ2) is 8.28. The lowest BCUT2D eigenvalue weighted by molar-refractivity contribution is 0.0698. The van der Waals surface area contributed by atoms with Crippen LogP contribution in [0.3, 0.4) is 0 Å². The summed E-state index contributed by atoms with van der Waals surface area (Å²) in [5, 5.41) is 12.0. The second-order valence-electron chi connectivity index (χ2n) is 5.77. The Hall–Kier alpha value is -2.89. The molecule has 0 aliphatic heterocycles. The Labute approximate surface area is 146 Å². The molecule has 2 aromatic carbocycles. The quantitative estimate of drug-likeness (QED) is 0.796. The number of nitrogens with one attached hydrogen (secondary N) is 1. The molecule has 2 aromatic rings. The zero-order valence-electron chi connectivity index (χ0n) is 14.3. The van der Waals surface area contributed by atoms with Crippen LogP contribution < -0.4 is 10.2 Å². The fourth-order valence-corrected chi connectivity index (χ4v) is 2.38. The van der Waals surface area contributed by atoms with Crippen LogP contribution in [0.4, 0.5) is 15.8 Å². The normalized spacial score (nSPS) is 10.4. The molecule has 0 radical (unpaired) electrons. The molecule has 0 aliphatic rings. The van der Waals surface area contributed by atoms with E-state index in [1.807, 2.05) is 11.9 Å². The lowest BCUT2D eigenvalue weighted by atomic mass is 10.1. The van der Waals surface area contributed by atoms with Crippen LogP contribution in [0.2, 0.25) is 0 Å². The Bertz CT molecular complexity index is 760. The molecule has 1 amide bonds. The van der Waals surface area contributed by atoms with E-state index in [0.717, 1.165) is 25.1 Å². The van der Waals surface area contributed by atoms with Gasteiger partial charge in [0.05, 0.1) is 11.3 Å². The van der Waals surface area contributed by atoms with Gasteiger partial charge in [0.2, 0.25) is 0 Å². The van der Waals surface area contributed by atoms with Crippen LogP contribution in [-0.4, -0.2) is 30.6 Å². The van der Waals surface area contributed by atoms with Crippen molar-refractivity contribution in [3.05, 3.63) is 59.4 Å². The number of carbonyl (C=O) groups is 2. The van der Waals surface area contributed by atoms with E-state index in [1.54, 1.807) is 12.1 Å². The third-order valence-electron chi connectivity index (χ3n) is 3.88. The highest BCUT2D eigenvalue weighted by atomic mass is 19.1. The zero-order valence-corrected chi connectivity index (χ0v) is 14.3. The number of carboxylic acids is 1. The van der Waals surface area contributed by atoms with Gasteiger partial charge in [-0.1, -0.05) is 13.3 Å². The number of carboxylic acid groups (broad SMARTS) is 1. The molecule has 2 N–H and O–H groups in total. The summed E-state index contributed by atoms with van der Waals surface area (Å²) in [7, 11) is 1.90. The molecule has 0 fully saturated rings. The first-order valence-electron chi connectivity index (χ1n) is 8.07. The van der Waals surface area contributed by atoms with Crippen molar-refractivity contribution in [3.63, 3.8) is 0 Å². The first-order valence-corrected chi connectivity index (χ1v) is 8.07. The summed E-state index contributed by atoms with van der Waals surface area (Å²) >= 11 is 0. The van der Waals surface area contributed by atoms with Crippen LogP contribution in [0, 0.1) is 5.82 Å². The molecule has 0 atom stereocenters. The number of benzene rings is 2. The van der Waals surface area contributed by atoms with Crippen molar-refractivity contribution in [2.75, 3.05) is 23.8 Å². The molecule has 0 saturated heterocycles.